The Morgan fingerprint density at radius 2 is 2.08 bits per heavy atom. The quantitative estimate of drug-likeness (QED) is 0.288. The summed E-state index contributed by atoms with van der Waals surface area (Å²) in [6.45, 7) is 12.1. The standard InChI is InChI=1S/C18H36N4O2.HI/c1-3-19-17(20-8-11-22-9-4-16(2)5-10-22)21-14-18(6-12-23)7-13-24-15-18;/h16,23H,3-15H2,1-2H3,(H2,19,20,21);1H. The van der Waals surface area contributed by atoms with Crippen molar-refractivity contribution >= 4 is 29.9 Å². The number of likely N-dealkylation sites (tertiary alicyclic amines) is 1. The highest BCUT2D eigenvalue weighted by atomic mass is 127. The lowest BCUT2D eigenvalue weighted by molar-refractivity contribution is 0.131. The fourth-order valence-corrected chi connectivity index (χ4v) is 3.49. The highest BCUT2D eigenvalue weighted by molar-refractivity contribution is 14.0. The predicted molar refractivity (Wildman–Crippen MR) is 114 cm³/mol. The number of nitrogens with zero attached hydrogens (tertiary/aromatic N) is 2. The molecule has 2 saturated heterocycles. The van der Waals surface area contributed by atoms with Gasteiger partial charge in [0.25, 0.3) is 0 Å². The van der Waals surface area contributed by atoms with E-state index in [4.69, 9.17) is 9.73 Å². The molecule has 0 bridgehead atoms. The zero-order chi connectivity index (χ0) is 17.3. The van der Waals surface area contributed by atoms with E-state index in [0.717, 1.165) is 51.0 Å². The number of guanidine groups is 1. The summed E-state index contributed by atoms with van der Waals surface area (Å²) in [4.78, 5) is 7.30. The lowest BCUT2D eigenvalue weighted by Crippen LogP contribution is -2.44. The van der Waals surface area contributed by atoms with Crippen LogP contribution in [0.3, 0.4) is 0 Å². The molecule has 0 aliphatic carbocycles. The van der Waals surface area contributed by atoms with Gasteiger partial charge < -0.3 is 25.4 Å². The van der Waals surface area contributed by atoms with Gasteiger partial charge in [0, 0.05) is 38.3 Å². The predicted octanol–water partition coefficient (Wildman–Crippen LogP) is 1.68. The van der Waals surface area contributed by atoms with Crippen molar-refractivity contribution in [3.05, 3.63) is 0 Å². The van der Waals surface area contributed by atoms with Gasteiger partial charge in [0.2, 0.25) is 0 Å². The zero-order valence-electron chi connectivity index (χ0n) is 15.9. The fraction of sp³-hybridized carbons (Fsp3) is 0.944. The van der Waals surface area contributed by atoms with Crippen LogP contribution in [0.15, 0.2) is 4.99 Å². The third-order valence-electron chi connectivity index (χ3n) is 5.34. The number of rotatable bonds is 8. The van der Waals surface area contributed by atoms with Gasteiger partial charge in [0.15, 0.2) is 5.96 Å². The van der Waals surface area contributed by atoms with Gasteiger partial charge >= 0.3 is 0 Å². The lowest BCUT2D eigenvalue weighted by atomic mass is 9.84. The van der Waals surface area contributed by atoms with E-state index in [0.29, 0.717) is 13.2 Å². The molecule has 2 aliphatic rings. The first-order valence-electron chi connectivity index (χ1n) is 9.60. The van der Waals surface area contributed by atoms with E-state index in [1.807, 2.05) is 0 Å². The number of nitrogens with one attached hydrogen (secondary N) is 2. The molecule has 0 aromatic heterocycles. The van der Waals surface area contributed by atoms with Gasteiger partial charge in [-0.15, -0.1) is 24.0 Å². The number of aliphatic imine (C=N–C) groups is 1. The van der Waals surface area contributed by atoms with E-state index >= 15 is 0 Å². The number of hydrogen-bond donors (Lipinski definition) is 3. The van der Waals surface area contributed by atoms with Gasteiger partial charge in [0.1, 0.15) is 0 Å². The molecule has 2 fully saturated rings. The Balaban J connectivity index is 0.00000312. The van der Waals surface area contributed by atoms with Gasteiger partial charge in [-0.25, -0.2) is 0 Å². The summed E-state index contributed by atoms with van der Waals surface area (Å²) in [6.07, 6.45) is 4.39. The summed E-state index contributed by atoms with van der Waals surface area (Å²) in [5.74, 6) is 1.76. The van der Waals surface area contributed by atoms with Crippen molar-refractivity contribution in [2.24, 2.45) is 16.3 Å². The van der Waals surface area contributed by atoms with Gasteiger partial charge in [-0.05, 0) is 51.6 Å². The molecular formula is C18H37IN4O2. The number of hydrogen-bond acceptors (Lipinski definition) is 4. The molecule has 0 saturated carbocycles. The average molecular weight is 468 g/mol. The van der Waals surface area contributed by atoms with E-state index < -0.39 is 0 Å². The Kier molecular flexibility index (Phi) is 11.3. The van der Waals surface area contributed by atoms with Crippen LogP contribution in [-0.4, -0.2) is 75.1 Å². The van der Waals surface area contributed by atoms with E-state index in [-0.39, 0.29) is 36.0 Å². The first-order valence-corrected chi connectivity index (χ1v) is 9.60. The number of aliphatic hydroxyl groups is 1. The van der Waals surface area contributed by atoms with Crippen molar-refractivity contribution in [2.75, 3.05) is 59.1 Å². The van der Waals surface area contributed by atoms with Crippen LogP contribution in [-0.2, 0) is 4.74 Å². The largest absolute Gasteiger partial charge is 0.396 e. The monoisotopic (exact) mass is 468 g/mol. The number of piperidine rings is 1. The van der Waals surface area contributed by atoms with Crippen LogP contribution in [0.4, 0.5) is 0 Å². The van der Waals surface area contributed by atoms with Crippen molar-refractivity contribution in [3.8, 4) is 0 Å². The van der Waals surface area contributed by atoms with Crippen LogP contribution in [0, 0.1) is 11.3 Å². The molecule has 0 spiro atoms. The summed E-state index contributed by atoms with van der Waals surface area (Å²) < 4.78 is 5.55. The summed E-state index contributed by atoms with van der Waals surface area (Å²) in [5, 5.41) is 16.1. The van der Waals surface area contributed by atoms with Crippen LogP contribution in [0.5, 0.6) is 0 Å². The molecule has 6 nitrogen and oxygen atoms in total. The Labute approximate surface area is 170 Å². The van der Waals surface area contributed by atoms with Crippen molar-refractivity contribution in [1.29, 1.82) is 0 Å². The second-order valence-electron chi connectivity index (χ2n) is 7.42. The second kappa shape index (κ2) is 12.3. The van der Waals surface area contributed by atoms with E-state index in [1.54, 1.807) is 0 Å². The van der Waals surface area contributed by atoms with Crippen LogP contribution in [0.1, 0.15) is 39.5 Å². The van der Waals surface area contributed by atoms with Crippen LogP contribution in [0.25, 0.3) is 0 Å². The third kappa shape index (κ3) is 7.97. The van der Waals surface area contributed by atoms with Crippen molar-refractivity contribution in [1.82, 2.24) is 15.5 Å². The molecule has 0 aromatic rings. The molecule has 1 unspecified atom stereocenters. The average Bonchev–Trinajstić information content (AvgIpc) is 3.04. The number of halogens is 1. The minimum absolute atomic E-state index is 0. The van der Waals surface area contributed by atoms with E-state index in [2.05, 4.69) is 29.4 Å². The lowest BCUT2D eigenvalue weighted by Gasteiger charge is -2.30. The van der Waals surface area contributed by atoms with Gasteiger partial charge in [0.05, 0.1) is 13.2 Å². The molecule has 2 aliphatic heterocycles. The van der Waals surface area contributed by atoms with E-state index in [1.165, 1.54) is 25.9 Å². The van der Waals surface area contributed by atoms with Crippen LogP contribution < -0.4 is 10.6 Å². The van der Waals surface area contributed by atoms with Crippen LogP contribution in [0.2, 0.25) is 0 Å². The summed E-state index contributed by atoms with van der Waals surface area (Å²) >= 11 is 0. The number of ether oxygens (including phenoxy) is 1. The fourth-order valence-electron chi connectivity index (χ4n) is 3.49. The molecule has 2 heterocycles. The first kappa shape index (κ1) is 22.9. The SMILES string of the molecule is CCNC(=NCC1(CCO)CCOC1)NCCN1CCC(C)CC1.I. The Morgan fingerprint density at radius 1 is 1.32 bits per heavy atom. The topological polar surface area (TPSA) is 69.1 Å². The molecule has 1 atom stereocenters. The molecular weight excluding hydrogens is 431 g/mol. The Hall–Kier alpha value is -0.120. The number of aliphatic hydroxyl groups excluding tert-OH is 1. The van der Waals surface area contributed by atoms with Gasteiger partial charge in [-0.2, -0.15) is 0 Å². The molecule has 0 amide bonds. The first-order chi connectivity index (χ1) is 11.7. The van der Waals surface area contributed by atoms with Crippen LogP contribution >= 0.6 is 24.0 Å². The molecule has 7 heteroatoms. The zero-order valence-corrected chi connectivity index (χ0v) is 18.3. The van der Waals surface area contributed by atoms with E-state index in [9.17, 15) is 5.11 Å². The molecule has 0 aromatic carbocycles. The molecule has 148 valence electrons. The highest BCUT2D eigenvalue weighted by Crippen LogP contribution is 2.32. The summed E-state index contributed by atoms with van der Waals surface area (Å²) in [7, 11) is 0. The molecule has 25 heavy (non-hydrogen) atoms. The van der Waals surface area contributed by atoms with Crippen molar-refractivity contribution < 1.29 is 9.84 Å². The minimum atomic E-state index is 0. The Bertz CT molecular complexity index is 381. The Morgan fingerprint density at radius 3 is 2.68 bits per heavy atom. The highest BCUT2D eigenvalue weighted by Gasteiger charge is 2.34. The maximum atomic E-state index is 9.32. The molecule has 3 N–H and O–H groups in total. The third-order valence-corrected chi connectivity index (χ3v) is 5.34. The minimum Gasteiger partial charge on any atom is -0.396 e. The maximum Gasteiger partial charge on any atom is 0.191 e. The normalized spacial score (nSPS) is 25.6. The maximum absolute atomic E-state index is 9.32. The second-order valence-corrected chi connectivity index (χ2v) is 7.42. The summed E-state index contributed by atoms with van der Waals surface area (Å²) in [6, 6.07) is 0. The molecule has 0 radical (unpaired) electrons. The smallest absolute Gasteiger partial charge is 0.191 e. The van der Waals surface area contributed by atoms with Gasteiger partial charge in [-0.3, -0.25) is 4.99 Å². The molecule has 2 rings (SSSR count). The van der Waals surface area contributed by atoms with Gasteiger partial charge in [-0.1, -0.05) is 6.92 Å². The van der Waals surface area contributed by atoms with Crippen molar-refractivity contribution in [3.63, 3.8) is 0 Å². The van der Waals surface area contributed by atoms with Crippen molar-refractivity contribution in [2.45, 2.75) is 39.5 Å². The summed E-state index contributed by atoms with van der Waals surface area (Å²) in [5.41, 5.74) is 0.0140.